The molecule has 0 unspecified atom stereocenters. The molecule has 0 saturated carbocycles. The molecule has 1 amide bonds. The minimum atomic E-state index is -0.125. The maximum absolute atomic E-state index is 11.1. The lowest BCUT2D eigenvalue weighted by molar-refractivity contribution is -0.919. The zero-order valence-corrected chi connectivity index (χ0v) is 12.0. The average molecular weight is 261 g/mol. The molecule has 3 nitrogen and oxygen atoms in total. The van der Waals surface area contributed by atoms with Crippen molar-refractivity contribution in [2.45, 2.75) is 39.2 Å². The summed E-state index contributed by atoms with van der Waals surface area (Å²) in [6.07, 6.45) is 1.88. The van der Waals surface area contributed by atoms with Crippen molar-refractivity contribution in [1.29, 1.82) is 0 Å². The molecule has 3 heteroatoms. The van der Waals surface area contributed by atoms with Crippen LogP contribution in [-0.4, -0.2) is 19.0 Å². The number of piperidine rings is 1. The van der Waals surface area contributed by atoms with Gasteiger partial charge < -0.3 is 10.6 Å². The van der Waals surface area contributed by atoms with E-state index in [4.69, 9.17) is 5.73 Å². The van der Waals surface area contributed by atoms with E-state index in [0.29, 0.717) is 5.92 Å². The summed E-state index contributed by atoms with van der Waals surface area (Å²) in [4.78, 5) is 12.7. The van der Waals surface area contributed by atoms with Gasteiger partial charge in [0.2, 0.25) is 5.91 Å². The number of hydrogen-bond acceptors (Lipinski definition) is 1. The van der Waals surface area contributed by atoms with E-state index in [9.17, 15) is 4.79 Å². The fourth-order valence-electron chi connectivity index (χ4n) is 2.80. The van der Waals surface area contributed by atoms with Crippen LogP contribution in [0.3, 0.4) is 0 Å². The molecule has 0 spiro atoms. The number of amides is 1. The van der Waals surface area contributed by atoms with Gasteiger partial charge in [-0.3, -0.25) is 4.79 Å². The molecule has 3 N–H and O–H groups in total. The fraction of sp³-hybridized carbons (Fsp3) is 0.562. The third-order valence-electron chi connectivity index (χ3n) is 4.20. The van der Waals surface area contributed by atoms with Crippen molar-refractivity contribution >= 4 is 5.91 Å². The molecule has 1 aliphatic heterocycles. The first-order chi connectivity index (χ1) is 9.06. The third-order valence-corrected chi connectivity index (χ3v) is 4.20. The summed E-state index contributed by atoms with van der Waals surface area (Å²) >= 11 is 0. The fourth-order valence-corrected chi connectivity index (χ4v) is 2.80. The molecule has 1 saturated heterocycles. The first kappa shape index (κ1) is 14.1. The first-order valence-corrected chi connectivity index (χ1v) is 7.28. The number of nitrogens with two attached hydrogens (primary N) is 1. The second-order valence-electron chi connectivity index (χ2n) is 6.00. The molecular weight excluding hydrogens is 236 g/mol. The quantitative estimate of drug-likeness (QED) is 0.837. The van der Waals surface area contributed by atoms with Crippen LogP contribution in [0.5, 0.6) is 0 Å². The molecule has 1 aromatic rings. The number of nitrogens with one attached hydrogen (secondary N) is 1. The number of rotatable bonds is 4. The van der Waals surface area contributed by atoms with Crippen molar-refractivity contribution in [2.24, 2.45) is 11.7 Å². The van der Waals surface area contributed by atoms with Crippen molar-refractivity contribution in [3.05, 3.63) is 35.4 Å². The third kappa shape index (κ3) is 3.80. The molecule has 1 aliphatic rings. The summed E-state index contributed by atoms with van der Waals surface area (Å²) in [6.45, 7) is 7.60. The van der Waals surface area contributed by atoms with Crippen molar-refractivity contribution in [3.8, 4) is 0 Å². The largest absolute Gasteiger partial charge is 0.369 e. The number of carbonyl (C=O) groups excluding carboxylic acids is 1. The summed E-state index contributed by atoms with van der Waals surface area (Å²) in [5.74, 6) is 0.570. The highest BCUT2D eigenvalue weighted by molar-refractivity contribution is 5.76. The van der Waals surface area contributed by atoms with Gasteiger partial charge in [0, 0.05) is 24.3 Å². The zero-order valence-electron chi connectivity index (χ0n) is 12.0. The zero-order chi connectivity index (χ0) is 13.8. The predicted octanol–water partition coefficient (Wildman–Crippen LogP) is 1.09. The second kappa shape index (κ2) is 6.20. The van der Waals surface area contributed by atoms with Gasteiger partial charge in [-0.25, -0.2) is 0 Å². The molecule has 0 aromatic heterocycles. The Balaban J connectivity index is 1.87. The van der Waals surface area contributed by atoms with Crippen LogP contribution in [0.15, 0.2) is 24.3 Å². The Kier molecular flexibility index (Phi) is 4.59. The summed E-state index contributed by atoms with van der Waals surface area (Å²) in [5, 5.41) is 0. The van der Waals surface area contributed by atoms with Gasteiger partial charge in [0.05, 0.1) is 13.1 Å². The first-order valence-electron chi connectivity index (χ1n) is 7.28. The highest BCUT2D eigenvalue weighted by atomic mass is 16.1. The SMILES string of the molecule is CC(C)c1ccc(C[NH+]2CCC(C(N)=O)CC2)cc1. The molecular formula is C16H25N2O+. The molecule has 0 radical (unpaired) electrons. The number of hydrogen-bond donors (Lipinski definition) is 2. The van der Waals surface area contributed by atoms with Crippen LogP contribution in [0, 0.1) is 5.92 Å². The Morgan fingerprint density at radius 1 is 1.26 bits per heavy atom. The maximum atomic E-state index is 11.1. The van der Waals surface area contributed by atoms with Crippen LogP contribution in [0.25, 0.3) is 0 Å². The van der Waals surface area contributed by atoms with E-state index in [-0.39, 0.29) is 11.8 Å². The Hall–Kier alpha value is -1.35. The Bertz CT molecular complexity index is 417. The highest BCUT2D eigenvalue weighted by Gasteiger charge is 2.25. The van der Waals surface area contributed by atoms with E-state index < -0.39 is 0 Å². The molecule has 19 heavy (non-hydrogen) atoms. The molecule has 1 aromatic carbocycles. The standard InChI is InChI=1S/C16H24N2O/c1-12(2)14-5-3-13(4-6-14)11-18-9-7-15(8-10-18)16(17)19/h3-6,12,15H,7-11H2,1-2H3,(H2,17,19)/p+1. The minimum Gasteiger partial charge on any atom is -0.369 e. The lowest BCUT2D eigenvalue weighted by Gasteiger charge is -2.27. The highest BCUT2D eigenvalue weighted by Crippen LogP contribution is 2.14. The lowest BCUT2D eigenvalue weighted by atomic mass is 9.95. The molecule has 1 heterocycles. The molecule has 1 fully saturated rings. The number of carbonyl (C=O) groups is 1. The van der Waals surface area contributed by atoms with Crippen molar-refractivity contribution in [1.82, 2.24) is 0 Å². The number of primary amides is 1. The lowest BCUT2D eigenvalue weighted by Crippen LogP contribution is -3.11. The summed E-state index contributed by atoms with van der Waals surface area (Å²) < 4.78 is 0. The predicted molar refractivity (Wildman–Crippen MR) is 76.9 cm³/mol. The Labute approximate surface area is 115 Å². The van der Waals surface area contributed by atoms with Crippen LogP contribution in [-0.2, 0) is 11.3 Å². The number of quaternary nitrogens is 1. The molecule has 0 bridgehead atoms. The van der Waals surface area contributed by atoms with Gasteiger partial charge in [0.25, 0.3) is 0 Å². The van der Waals surface area contributed by atoms with E-state index in [1.165, 1.54) is 11.1 Å². The Morgan fingerprint density at radius 2 is 1.84 bits per heavy atom. The van der Waals surface area contributed by atoms with Gasteiger partial charge in [0.1, 0.15) is 6.54 Å². The number of benzene rings is 1. The van der Waals surface area contributed by atoms with Gasteiger partial charge in [0.15, 0.2) is 0 Å². The summed E-state index contributed by atoms with van der Waals surface area (Å²) in [6, 6.07) is 8.94. The van der Waals surface area contributed by atoms with Gasteiger partial charge in [-0.2, -0.15) is 0 Å². The van der Waals surface area contributed by atoms with Crippen LogP contribution < -0.4 is 10.6 Å². The molecule has 0 atom stereocenters. The van der Waals surface area contributed by atoms with Crippen molar-refractivity contribution in [3.63, 3.8) is 0 Å². The molecule has 104 valence electrons. The van der Waals surface area contributed by atoms with Crippen LogP contribution in [0.2, 0.25) is 0 Å². The number of likely N-dealkylation sites (tertiary alicyclic amines) is 1. The summed E-state index contributed by atoms with van der Waals surface area (Å²) in [5.41, 5.74) is 8.14. The van der Waals surface area contributed by atoms with E-state index >= 15 is 0 Å². The minimum absolute atomic E-state index is 0.104. The topological polar surface area (TPSA) is 47.5 Å². The van der Waals surface area contributed by atoms with E-state index in [0.717, 1.165) is 32.5 Å². The normalized spacial score (nSPS) is 23.5. The molecule has 2 rings (SSSR count). The van der Waals surface area contributed by atoms with Crippen LogP contribution in [0.1, 0.15) is 43.7 Å². The van der Waals surface area contributed by atoms with Gasteiger partial charge in [-0.1, -0.05) is 38.1 Å². The van der Waals surface area contributed by atoms with Crippen LogP contribution in [0.4, 0.5) is 0 Å². The summed E-state index contributed by atoms with van der Waals surface area (Å²) in [7, 11) is 0. The van der Waals surface area contributed by atoms with Gasteiger partial charge in [-0.15, -0.1) is 0 Å². The van der Waals surface area contributed by atoms with Crippen molar-refractivity contribution in [2.75, 3.05) is 13.1 Å². The van der Waals surface area contributed by atoms with Crippen LogP contribution >= 0.6 is 0 Å². The van der Waals surface area contributed by atoms with Crippen molar-refractivity contribution < 1.29 is 9.69 Å². The van der Waals surface area contributed by atoms with Gasteiger partial charge >= 0.3 is 0 Å². The Morgan fingerprint density at radius 3 is 2.32 bits per heavy atom. The van der Waals surface area contributed by atoms with E-state index in [2.05, 4.69) is 38.1 Å². The maximum Gasteiger partial charge on any atom is 0.220 e. The van der Waals surface area contributed by atoms with E-state index in [1.807, 2.05) is 0 Å². The average Bonchev–Trinajstić information content (AvgIpc) is 2.40. The van der Waals surface area contributed by atoms with Gasteiger partial charge in [-0.05, 0) is 11.5 Å². The smallest absolute Gasteiger partial charge is 0.220 e. The second-order valence-corrected chi connectivity index (χ2v) is 6.00. The monoisotopic (exact) mass is 261 g/mol. The van der Waals surface area contributed by atoms with E-state index in [1.54, 1.807) is 4.90 Å². The molecule has 0 aliphatic carbocycles.